The van der Waals surface area contributed by atoms with Gasteiger partial charge in [-0.15, -0.1) is 0 Å². The van der Waals surface area contributed by atoms with Gasteiger partial charge >= 0.3 is 0 Å². The largest absolute Gasteiger partial charge is 0.372 e. The highest BCUT2D eigenvalue weighted by Gasteiger charge is 2.62. The molecule has 3 aliphatic heterocycles. The van der Waals surface area contributed by atoms with Crippen molar-refractivity contribution in [2.45, 2.75) is 44.9 Å². The molecule has 0 bridgehead atoms. The number of rotatable bonds is 1. The molecule has 5 heterocycles. The van der Waals surface area contributed by atoms with Gasteiger partial charge in [-0.2, -0.15) is 0 Å². The van der Waals surface area contributed by atoms with Gasteiger partial charge in [0.1, 0.15) is 16.1 Å². The van der Waals surface area contributed by atoms with Crippen molar-refractivity contribution < 1.29 is 23.6 Å². The number of ether oxygens (including phenoxy) is 1. The first-order chi connectivity index (χ1) is 16.3. The van der Waals surface area contributed by atoms with Crippen LogP contribution in [0.25, 0.3) is 22.2 Å². The Balaban J connectivity index is 1.61. The minimum absolute atomic E-state index is 0.0974. The number of Topliss-reactive ketones (excluding diaryl/α,β-unsaturated/α-hetero) is 1. The molecule has 1 N–H and O–H groups in total. The number of imide groups is 1. The highest BCUT2D eigenvalue weighted by atomic mass is 35.5. The van der Waals surface area contributed by atoms with Crippen LogP contribution in [0, 0.1) is 5.41 Å². The topological polar surface area (TPSA) is 115 Å². The number of halogens is 1. The Labute approximate surface area is 199 Å². The van der Waals surface area contributed by atoms with Crippen LogP contribution in [0.3, 0.4) is 0 Å². The molecule has 4 atom stereocenters. The number of carbonyl (C=O) groups excluding carboxylic acids is 3. The van der Waals surface area contributed by atoms with E-state index in [-0.39, 0.29) is 18.9 Å². The van der Waals surface area contributed by atoms with E-state index in [0.29, 0.717) is 33.9 Å². The molecule has 3 aromatic rings. The third kappa shape index (κ3) is 2.80. The van der Waals surface area contributed by atoms with Gasteiger partial charge in [-0.1, -0.05) is 16.8 Å². The first kappa shape index (κ1) is 21.2. The lowest BCUT2D eigenvalue weighted by Crippen LogP contribution is -2.72. The van der Waals surface area contributed by atoms with Crippen LogP contribution in [0.1, 0.15) is 25.8 Å². The summed E-state index contributed by atoms with van der Waals surface area (Å²) >= 11 is 6.93. The Bertz CT molecular complexity index is 1350. The van der Waals surface area contributed by atoms with Crippen molar-refractivity contribution in [2.24, 2.45) is 5.41 Å². The Hall–Kier alpha value is -3.30. The fourth-order valence-corrected chi connectivity index (χ4v) is 6.23. The minimum atomic E-state index is -1.47. The SMILES string of the molecule is C[C@@H]1CN2c3c(cc4c(-c5ccncc5)noc4c3Cl)CC3(C(=O)CC(=O)NC3=O)[C@H]2[C@H](C)O1. The molecular formula is C24H21ClN4O5. The monoisotopic (exact) mass is 480 g/mol. The average molecular weight is 481 g/mol. The smallest absolute Gasteiger partial charge is 0.242 e. The van der Waals surface area contributed by atoms with Crippen molar-refractivity contribution in [3.8, 4) is 11.3 Å². The Kier molecular flexibility index (Phi) is 4.59. The van der Waals surface area contributed by atoms with Gasteiger partial charge < -0.3 is 14.2 Å². The number of benzene rings is 1. The number of hydrogen-bond acceptors (Lipinski definition) is 8. The molecule has 0 saturated carbocycles. The van der Waals surface area contributed by atoms with Gasteiger partial charge in [0.05, 0.1) is 35.7 Å². The first-order valence-corrected chi connectivity index (χ1v) is 11.5. The zero-order valence-corrected chi connectivity index (χ0v) is 19.3. The zero-order chi connectivity index (χ0) is 23.8. The predicted molar refractivity (Wildman–Crippen MR) is 122 cm³/mol. The summed E-state index contributed by atoms with van der Waals surface area (Å²) in [7, 11) is 0. The highest BCUT2D eigenvalue weighted by Crippen LogP contribution is 2.52. The number of morpholine rings is 1. The molecule has 1 spiro atoms. The van der Waals surface area contributed by atoms with Crippen molar-refractivity contribution in [3.63, 3.8) is 0 Å². The van der Waals surface area contributed by atoms with E-state index in [1.54, 1.807) is 12.4 Å². The van der Waals surface area contributed by atoms with Crippen LogP contribution in [0.4, 0.5) is 5.69 Å². The molecular weight excluding hydrogens is 460 g/mol. The van der Waals surface area contributed by atoms with Crippen LogP contribution in [-0.2, 0) is 25.5 Å². The van der Waals surface area contributed by atoms with Crippen LogP contribution < -0.4 is 10.2 Å². The van der Waals surface area contributed by atoms with E-state index in [2.05, 4.69) is 15.5 Å². The molecule has 3 aliphatic rings. The molecule has 2 fully saturated rings. The Morgan fingerprint density at radius 2 is 1.97 bits per heavy atom. The van der Waals surface area contributed by atoms with E-state index < -0.39 is 35.2 Å². The number of carbonyl (C=O) groups is 3. The Morgan fingerprint density at radius 3 is 2.71 bits per heavy atom. The van der Waals surface area contributed by atoms with Crippen LogP contribution in [0.5, 0.6) is 0 Å². The summed E-state index contributed by atoms with van der Waals surface area (Å²) in [5.74, 6) is -1.57. The molecule has 1 unspecified atom stereocenters. The number of piperidine rings is 1. The van der Waals surface area contributed by atoms with E-state index in [1.807, 2.05) is 36.9 Å². The number of pyridine rings is 1. The zero-order valence-electron chi connectivity index (χ0n) is 18.5. The number of fused-ring (bicyclic) bond motifs is 5. The van der Waals surface area contributed by atoms with Gasteiger partial charge in [-0.25, -0.2) is 0 Å². The second-order valence-electron chi connectivity index (χ2n) is 9.22. The van der Waals surface area contributed by atoms with Gasteiger partial charge in [0.15, 0.2) is 11.4 Å². The normalized spacial score (nSPS) is 28.7. The molecule has 174 valence electrons. The third-order valence-corrected chi connectivity index (χ3v) is 7.48. The fourth-order valence-electron chi connectivity index (χ4n) is 5.86. The van der Waals surface area contributed by atoms with Crippen molar-refractivity contribution in [1.29, 1.82) is 0 Å². The number of hydrogen-bond donors (Lipinski definition) is 1. The second-order valence-corrected chi connectivity index (χ2v) is 9.59. The van der Waals surface area contributed by atoms with Gasteiger partial charge in [0.25, 0.3) is 0 Å². The minimum Gasteiger partial charge on any atom is -0.372 e. The van der Waals surface area contributed by atoms with Crippen LogP contribution >= 0.6 is 11.6 Å². The number of aromatic nitrogens is 2. The van der Waals surface area contributed by atoms with Crippen molar-refractivity contribution in [1.82, 2.24) is 15.5 Å². The average Bonchev–Trinajstić information content (AvgIpc) is 3.21. The summed E-state index contributed by atoms with van der Waals surface area (Å²) in [6.07, 6.45) is 2.46. The van der Waals surface area contributed by atoms with Crippen molar-refractivity contribution in [3.05, 3.63) is 41.2 Å². The third-order valence-electron chi connectivity index (χ3n) is 7.13. The standard InChI is InChI=1S/C24H21ClN4O5/c1-11-10-29-20-14(7-15-19(13-3-5-26-6-4-13)28-34-21(15)18(20)25)9-24(22(29)12(2)33-11)16(30)8-17(31)27-23(24)32/h3-7,11-12,22H,8-10H2,1-2H3,(H,27,31,32)/t11-,12+,22-,24?/m1/s1. The lowest BCUT2D eigenvalue weighted by Gasteiger charge is -2.55. The molecule has 2 amide bonds. The quantitative estimate of drug-likeness (QED) is 0.417. The number of amides is 2. The second kappa shape index (κ2) is 7.35. The fraction of sp³-hybridized carbons (Fsp3) is 0.375. The lowest BCUT2D eigenvalue weighted by molar-refractivity contribution is -0.158. The van der Waals surface area contributed by atoms with E-state index in [0.717, 1.165) is 11.1 Å². The number of ketones is 1. The summed E-state index contributed by atoms with van der Waals surface area (Å²) in [5.41, 5.74) is 1.80. The maximum Gasteiger partial charge on any atom is 0.242 e. The molecule has 9 nitrogen and oxygen atoms in total. The van der Waals surface area contributed by atoms with E-state index in [1.165, 1.54) is 0 Å². The van der Waals surface area contributed by atoms with Crippen LogP contribution in [0.2, 0.25) is 5.02 Å². The molecule has 10 heteroatoms. The summed E-state index contributed by atoms with van der Waals surface area (Å²) in [5, 5.41) is 7.71. The molecule has 0 radical (unpaired) electrons. The molecule has 2 aromatic heterocycles. The molecule has 6 rings (SSSR count). The van der Waals surface area contributed by atoms with Crippen LogP contribution in [0.15, 0.2) is 35.1 Å². The molecule has 34 heavy (non-hydrogen) atoms. The van der Waals surface area contributed by atoms with Crippen molar-refractivity contribution in [2.75, 3.05) is 11.4 Å². The van der Waals surface area contributed by atoms with E-state index in [9.17, 15) is 14.4 Å². The highest BCUT2D eigenvalue weighted by molar-refractivity contribution is 6.38. The van der Waals surface area contributed by atoms with E-state index >= 15 is 0 Å². The predicted octanol–water partition coefficient (Wildman–Crippen LogP) is 2.68. The maximum absolute atomic E-state index is 13.4. The first-order valence-electron chi connectivity index (χ1n) is 11.1. The number of anilines is 1. The van der Waals surface area contributed by atoms with E-state index in [4.69, 9.17) is 20.9 Å². The summed E-state index contributed by atoms with van der Waals surface area (Å²) in [6, 6.07) is 4.91. The summed E-state index contributed by atoms with van der Waals surface area (Å²) in [6.45, 7) is 4.21. The molecule has 1 aromatic carbocycles. The van der Waals surface area contributed by atoms with Gasteiger partial charge in [0, 0.05) is 24.5 Å². The molecule has 2 saturated heterocycles. The Morgan fingerprint density at radius 1 is 1.21 bits per heavy atom. The van der Waals surface area contributed by atoms with Crippen LogP contribution in [-0.4, -0.2) is 52.5 Å². The molecule has 0 aliphatic carbocycles. The van der Waals surface area contributed by atoms with Gasteiger partial charge in [0.2, 0.25) is 11.8 Å². The van der Waals surface area contributed by atoms with Gasteiger partial charge in [-0.3, -0.25) is 24.7 Å². The van der Waals surface area contributed by atoms with Crippen molar-refractivity contribution >= 4 is 45.9 Å². The summed E-state index contributed by atoms with van der Waals surface area (Å²) < 4.78 is 11.7. The summed E-state index contributed by atoms with van der Waals surface area (Å²) in [4.78, 5) is 44.8. The number of nitrogens with zero attached hydrogens (tertiary/aromatic N) is 3. The lowest BCUT2D eigenvalue weighted by atomic mass is 9.63. The van der Waals surface area contributed by atoms with Gasteiger partial charge in [-0.05, 0) is 44.0 Å². The number of nitrogens with one attached hydrogen (secondary N) is 1. The maximum atomic E-state index is 13.4.